The van der Waals surface area contributed by atoms with Gasteiger partial charge in [0, 0.05) is 6.07 Å². The van der Waals surface area contributed by atoms with E-state index in [1.807, 2.05) is 44.2 Å². The van der Waals surface area contributed by atoms with Crippen molar-refractivity contribution >= 4 is 11.7 Å². The van der Waals surface area contributed by atoms with Gasteiger partial charge < -0.3 is 5.32 Å². The van der Waals surface area contributed by atoms with Crippen molar-refractivity contribution < 1.29 is 18.4 Å². The summed E-state index contributed by atoms with van der Waals surface area (Å²) in [4.78, 5) is 25.0. The quantitative estimate of drug-likeness (QED) is 0.814. The van der Waals surface area contributed by atoms with Crippen LogP contribution < -0.4 is 5.32 Å². The Labute approximate surface area is 152 Å². The fourth-order valence-electron chi connectivity index (χ4n) is 2.94. The minimum Gasteiger partial charge on any atom is -0.346 e. The molecule has 1 unspecified atom stereocenters. The zero-order chi connectivity index (χ0) is 19.3. The molecule has 0 saturated carbocycles. The van der Waals surface area contributed by atoms with E-state index in [-0.39, 0.29) is 17.8 Å². The van der Waals surface area contributed by atoms with Gasteiger partial charge in [0.2, 0.25) is 5.91 Å². The van der Waals surface area contributed by atoms with Crippen LogP contribution in [0, 0.1) is 17.6 Å². The smallest absolute Gasteiger partial charge is 0.224 e. The van der Waals surface area contributed by atoms with Crippen molar-refractivity contribution in [3.05, 3.63) is 77.2 Å². The molecule has 0 saturated heterocycles. The highest BCUT2D eigenvalue weighted by Crippen LogP contribution is 2.28. The molecule has 3 nitrogen and oxygen atoms in total. The van der Waals surface area contributed by atoms with Crippen molar-refractivity contribution in [2.45, 2.75) is 39.2 Å². The third kappa shape index (κ3) is 5.22. The highest BCUT2D eigenvalue weighted by molar-refractivity contribution is 5.95. The zero-order valence-electron chi connectivity index (χ0n) is 15.1. The Bertz CT molecular complexity index is 755. The molecular weight excluding hydrogens is 336 g/mol. The summed E-state index contributed by atoms with van der Waals surface area (Å²) in [5.41, 5.74) is 1.09. The van der Waals surface area contributed by atoms with E-state index < -0.39 is 29.5 Å². The first-order valence-corrected chi connectivity index (χ1v) is 8.41. The van der Waals surface area contributed by atoms with Crippen LogP contribution in [0.4, 0.5) is 8.78 Å². The van der Waals surface area contributed by atoms with Crippen molar-refractivity contribution in [2.75, 3.05) is 0 Å². The predicted molar refractivity (Wildman–Crippen MR) is 96.4 cm³/mol. The molecule has 1 amide bonds. The topological polar surface area (TPSA) is 46.2 Å². The Morgan fingerprint density at radius 1 is 1.00 bits per heavy atom. The van der Waals surface area contributed by atoms with Crippen LogP contribution in [-0.4, -0.2) is 17.7 Å². The second kappa shape index (κ2) is 8.70. The largest absolute Gasteiger partial charge is 0.346 e. The lowest BCUT2D eigenvalue weighted by atomic mass is 9.82. The minimum absolute atomic E-state index is 0.130. The van der Waals surface area contributed by atoms with E-state index in [0.717, 1.165) is 29.7 Å². The number of ketones is 1. The molecule has 0 spiro atoms. The Morgan fingerprint density at radius 2 is 1.58 bits per heavy atom. The lowest BCUT2D eigenvalue weighted by molar-refractivity contribution is -0.127. The van der Waals surface area contributed by atoms with Crippen LogP contribution in [0.1, 0.15) is 37.8 Å². The van der Waals surface area contributed by atoms with Gasteiger partial charge in [-0.15, -0.1) is 0 Å². The summed E-state index contributed by atoms with van der Waals surface area (Å²) < 4.78 is 26.4. The van der Waals surface area contributed by atoms with Gasteiger partial charge in [-0.25, -0.2) is 8.78 Å². The Balaban J connectivity index is 2.06. The SMILES string of the molecule is C[C](C)C(C(=O)[C@H](C)NC(=O)Cc1cc(F)cc(F)c1)c1ccccc1. The number of benzene rings is 2. The van der Waals surface area contributed by atoms with Gasteiger partial charge in [0.05, 0.1) is 18.4 Å². The fraction of sp³-hybridized carbons (Fsp3) is 0.286. The number of hydrogen-bond donors (Lipinski definition) is 1. The van der Waals surface area contributed by atoms with Gasteiger partial charge in [0.25, 0.3) is 0 Å². The Morgan fingerprint density at radius 3 is 2.12 bits per heavy atom. The van der Waals surface area contributed by atoms with Gasteiger partial charge in [0.15, 0.2) is 5.78 Å². The van der Waals surface area contributed by atoms with Crippen LogP contribution in [0.2, 0.25) is 0 Å². The molecule has 2 rings (SSSR count). The molecule has 0 aromatic heterocycles. The summed E-state index contributed by atoms with van der Waals surface area (Å²) in [7, 11) is 0. The van der Waals surface area contributed by atoms with E-state index in [1.165, 1.54) is 0 Å². The van der Waals surface area contributed by atoms with Crippen molar-refractivity contribution in [3.8, 4) is 0 Å². The van der Waals surface area contributed by atoms with Crippen LogP contribution >= 0.6 is 0 Å². The van der Waals surface area contributed by atoms with Gasteiger partial charge in [-0.05, 0) is 36.1 Å². The average molecular weight is 358 g/mol. The molecule has 2 atom stereocenters. The van der Waals surface area contributed by atoms with Crippen LogP contribution in [0.25, 0.3) is 0 Å². The number of Topliss-reactive ketones (excluding diaryl/α,β-unsaturated/α-hetero) is 1. The number of rotatable bonds is 7. The average Bonchev–Trinajstić information content (AvgIpc) is 2.54. The van der Waals surface area contributed by atoms with Gasteiger partial charge in [-0.1, -0.05) is 44.2 Å². The molecule has 0 aliphatic rings. The summed E-state index contributed by atoms with van der Waals surface area (Å²) in [6.45, 7) is 5.37. The maximum Gasteiger partial charge on any atom is 0.224 e. The number of nitrogens with one attached hydrogen (secondary N) is 1. The third-order valence-corrected chi connectivity index (χ3v) is 4.09. The van der Waals surface area contributed by atoms with E-state index in [2.05, 4.69) is 5.32 Å². The number of amides is 1. The molecule has 2 aromatic carbocycles. The Kier molecular flexibility index (Phi) is 6.61. The van der Waals surface area contributed by atoms with Crippen LogP contribution in [-0.2, 0) is 16.0 Å². The second-order valence-corrected chi connectivity index (χ2v) is 6.57. The normalized spacial score (nSPS) is 13.3. The maximum atomic E-state index is 13.2. The number of carbonyl (C=O) groups is 2. The highest BCUT2D eigenvalue weighted by Gasteiger charge is 2.29. The van der Waals surface area contributed by atoms with Crippen LogP contribution in [0.15, 0.2) is 48.5 Å². The number of halogens is 2. The van der Waals surface area contributed by atoms with Crippen molar-refractivity contribution in [3.63, 3.8) is 0 Å². The number of hydrogen-bond acceptors (Lipinski definition) is 2. The summed E-state index contributed by atoms with van der Waals surface area (Å²) in [6.07, 6.45) is -0.197. The van der Waals surface area contributed by atoms with Crippen molar-refractivity contribution in [1.82, 2.24) is 5.32 Å². The molecule has 26 heavy (non-hydrogen) atoms. The van der Waals surface area contributed by atoms with E-state index >= 15 is 0 Å². The van der Waals surface area contributed by atoms with Gasteiger partial charge in [-0.2, -0.15) is 0 Å². The summed E-state index contributed by atoms with van der Waals surface area (Å²) >= 11 is 0. The first-order chi connectivity index (χ1) is 12.3. The third-order valence-electron chi connectivity index (χ3n) is 4.09. The summed E-state index contributed by atoms with van der Waals surface area (Å²) in [6, 6.07) is 11.6. The first-order valence-electron chi connectivity index (χ1n) is 8.41. The van der Waals surface area contributed by atoms with Crippen LogP contribution in [0.5, 0.6) is 0 Å². The standard InChI is InChI=1S/C21H22F2NO2/c1-13(2)20(16-7-5-4-6-8-16)21(26)14(3)24-19(25)11-15-9-17(22)12-18(23)10-15/h4-10,12,14,20H,11H2,1-3H3,(H,24,25)/t14-,20?/m0/s1. The molecule has 137 valence electrons. The molecule has 5 heteroatoms. The van der Waals surface area contributed by atoms with E-state index in [9.17, 15) is 18.4 Å². The minimum atomic E-state index is -0.739. The predicted octanol–water partition coefficient (Wildman–Crippen LogP) is 3.98. The summed E-state index contributed by atoms with van der Waals surface area (Å²) in [5.74, 6) is -1.56. The van der Waals surface area contributed by atoms with E-state index in [1.54, 1.807) is 6.92 Å². The van der Waals surface area contributed by atoms with Crippen molar-refractivity contribution in [1.29, 1.82) is 0 Å². The van der Waals surface area contributed by atoms with E-state index in [0.29, 0.717) is 0 Å². The summed E-state index contributed by atoms with van der Waals surface area (Å²) in [5, 5.41) is 2.63. The number of carbonyl (C=O) groups excluding carboxylic acids is 2. The van der Waals surface area contributed by atoms with Crippen LogP contribution in [0.3, 0.4) is 0 Å². The molecular formula is C21H22F2NO2. The molecule has 2 aromatic rings. The molecule has 0 aliphatic carbocycles. The first kappa shape index (κ1) is 19.8. The van der Waals surface area contributed by atoms with Crippen molar-refractivity contribution in [2.24, 2.45) is 0 Å². The zero-order valence-corrected chi connectivity index (χ0v) is 15.1. The molecule has 0 fully saturated rings. The van der Waals surface area contributed by atoms with Gasteiger partial charge in [-0.3, -0.25) is 9.59 Å². The van der Waals surface area contributed by atoms with E-state index in [4.69, 9.17) is 0 Å². The molecule has 1 radical (unpaired) electrons. The maximum absolute atomic E-state index is 13.2. The van der Waals surface area contributed by atoms with Gasteiger partial charge in [0.1, 0.15) is 11.6 Å². The molecule has 1 N–H and O–H groups in total. The lowest BCUT2D eigenvalue weighted by Crippen LogP contribution is -2.42. The lowest BCUT2D eigenvalue weighted by Gasteiger charge is -2.24. The molecule has 0 aliphatic heterocycles. The monoisotopic (exact) mass is 358 g/mol. The highest BCUT2D eigenvalue weighted by atomic mass is 19.1. The van der Waals surface area contributed by atoms with Gasteiger partial charge >= 0.3 is 0 Å². The fourth-order valence-corrected chi connectivity index (χ4v) is 2.94. The second-order valence-electron chi connectivity index (χ2n) is 6.57. The molecule has 0 heterocycles. The molecule has 0 bridgehead atoms. The Hall–Kier alpha value is -2.56.